The summed E-state index contributed by atoms with van der Waals surface area (Å²) in [5.41, 5.74) is 0.323. The molecule has 0 aliphatic rings. The van der Waals surface area contributed by atoms with E-state index in [1.54, 1.807) is 24.3 Å². The lowest BCUT2D eigenvalue weighted by atomic mass is 10.1. The highest BCUT2D eigenvalue weighted by Gasteiger charge is 2.17. The molecule has 0 aromatic heterocycles. The summed E-state index contributed by atoms with van der Waals surface area (Å²) in [7, 11) is 0. The van der Waals surface area contributed by atoms with Crippen molar-refractivity contribution < 1.29 is 23.8 Å². The minimum absolute atomic E-state index is 0.00444. The van der Waals surface area contributed by atoms with Gasteiger partial charge in [-0.3, -0.25) is 9.59 Å². The highest BCUT2D eigenvalue weighted by Crippen LogP contribution is 2.29. The maximum absolute atomic E-state index is 13.9. The fourth-order valence-corrected chi connectivity index (χ4v) is 3.08. The molecule has 6 nitrogen and oxygen atoms in total. The van der Waals surface area contributed by atoms with Crippen LogP contribution in [0.3, 0.4) is 0 Å². The van der Waals surface area contributed by atoms with Crippen molar-refractivity contribution in [2.45, 2.75) is 0 Å². The Morgan fingerprint density at radius 1 is 1.00 bits per heavy atom. The Morgan fingerprint density at radius 2 is 1.69 bits per heavy atom. The molecule has 0 aliphatic carbocycles. The van der Waals surface area contributed by atoms with Gasteiger partial charge in [0, 0.05) is 6.54 Å². The first-order chi connectivity index (χ1) is 15.5. The Balaban J connectivity index is 1.81. The summed E-state index contributed by atoms with van der Waals surface area (Å²) in [6.07, 6.45) is 1.45. The molecule has 8 heteroatoms. The van der Waals surface area contributed by atoms with Crippen molar-refractivity contribution in [3.63, 3.8) is 0 Å². The molecule has 0 atom stereocenters. The molecule has 0 aliphatic heterocycles. The first-order valence-electron chi connectivity index (χ1n) is 9.67. The standard InChI is InChI=1S/C24H20BrFN2O4/c25-19-6-2-4-8-22(19)32-17-11-9-16(10-12-17)15-21(24(31)27-13-14-29)28-23(30)18-5-1-3-7-20(18)26/h1-12,15,29H,13-14H2,(H,27,31)(H,28,30)/b21-15-. The quantitative estimate of drug-likeness (QED) is 0.405. The Morgan fingerprint density at radius 3 is 2.38 bits per heavy atom. The Kier molecular flexibility index (Phi) is 8.13. The van der Waals surface area contributed by atoms with Gasteiger partial charge in [0.1, 0.15) is 23.0 Å². The van der Waals surface area contributed by atoms with Gasteiger partial charge in [0.2, 0.25) is 0 Å². The number of hydrogen-bond donors (Lipinski definition) is 3. The van der Waals surface area contributed by atoms with Crippen LogP contribution in [-0.4, -0.2) is 30.1 Å². The molecule has 0 heterocycles. The molecule has 3 aromatic carbocycles. The molecule has 0 fully saturated rings. The van der Waals surface area contributed by atoms with E-state index in [0.29, 0.717) is 17.1 Å². The van der Waals surface area contributed by atoms with E-state index in [1.807, 2.05) is 24.3 Å². The number of amides is 2. The van der Waals surface area contributed by atoms with Crippen molar-refractivity contribution in [3.8, 4) is 11.5 Å². The molecule has 0 spiro atoms. The van der Waals surface area contributed by atoms with Crippen LogP contribution >= 0.6 is 15.9 Å². The van der Waals surface area contributed by atoms with E-state index < -0.39 is 17.6 Å². The Hall–Kier alpha value is -3.49. The fraction of sp³-hybridized carbons (Fsp3) is 0.0833. The summed E-state index contributed by atoms with van der Waals surface area (Å²) < 4.78 is 20.6. The van der Waals surface area contributed by atoms with Gasteiger partial charge in [-0.2, -0.15) is 0 Å². The second kappa shape index (κ2) is 11.2. The van der Waals surface area contributed by atoms with E-state index in [2.05, 4.69) is 26.6 Å². The van der Waals surface area contributed by atoms with Crippen LogP contribution in [0.1, 0.15) is 15.9 Å². The Labute approximate surface area is 192 Å². The van der Waals surface area contributed by atoms with E-state index in [0.717, 1.165) is 10.5 Å². The van der Waals surface area contributed by atoms with Crippen LogP contribution < -0.4 is 15.4 Å². The van der Waals surface area contributed by atoms with Crippen LogP contribution in [0.2, 0.25) is 0 Å². The van der Waals surface area contributed by atoms with Crippen molar-refractivity contribution in [1.82, 2.24) is 10.6 Å². The first-order valence-corrected chi connectivity index (χ1v) is 10.5. The average molecular weight is 499 g/mol. The third-order valence-electron chi connectivity index (χ3n) is 4.26. The zero-order valence-electron chi connectivity index (χ0n) is 16.8. The number of hydrogen-bond acceptors (Lipinski definition) is 4. The van der Waals surface area contributed by atoms with Crippen molar-refractivity contribution in [2.75, 3.05) is 13.2 Å². The summed E-state index contributed by atoms with van der Waals surface area (Å²) in [5.74, 6) is -0.846. The summed E-state index contributed by atoms with van der Waals surface area (Å²) in [5, 5.41) is 13.9. The number of aliphatic hydroxyl groups excluding tert-OH is 1. The smallest absolute Gasteiger partial charge is 0.267 e. The molecule has 3 N–H and O–H groups in total. The second-order valence-electron chi connectivity index (χ2n) is 6.57. The predicted molar refractivity (Wildman–Crippen MR) is 123 cm³/mol. The molecule has 3 aromatic rings. The zero-order chi connectivity index (χ0) is 22.9. The van der Waals surface area contributed by atoms with Gasteiger partial charge >= 0.3 is 0 Å². The number of carbonyl (C=O) groups is 2. The van der Waals surface area contributed by atoms with Gasteiger partial charge in [-0.05, 0) is 64.0 Å². The molecule has 0 saturated carbocycles. The normalized spacial score (nSPS) is 11.0. The van der Waals surface area contributed by atoms with Crippen LogP contribution in [0.5, 0.6) is 11.5 Å². The SMILES string of the molecule is O=C(NCCO)/C(=C/c1ccc(Oc2ccccc2Br)cc1)NC(=O)c1ccccc1F. The minimum Gasteiger partial charge on any atom is -0.456 e. The molecular formula is C24H20BrFN2O4. The number of carbonyl (C=O) groups excluding carboxylic acids is 2. The summed E-state index contributed by atoms with van der Waals surface area (Å²) in [6.45, 7) is -0.258. The van der Waals surface area contributed by atoms with Crippen molar-refractivity contribution >= 4 is 33.8 Å². The molecule has 3 rings (SSSR count). The number of benzene rings is 3. The van der Waals surface area contributed by atoms with Gasteiger partial charge in [0.25, 0.3) is 11.8 Å². The predicted octanol–water partition coefficient (Wildman–Crippen LogP) is 4.26. The van der Waals surface area contributed by atoms with Crippen LogP contribution in [0, 0.1) is 5.82 Å². The molecule has 0 bridgehead atoms. The van der Waals surface area contributed by atoms with Crippen LogP contribution in [0.15, 0.2) is 83.0 Å². The van der Waals surface area contributed by atoms with E-state index >= 15 is 0 Å². The number of nitrogens with one attached hydrogen (secondary N) is 2. The maximum atomic E-state index is 13.9. The third kappa shape index (κ3) is 6.26. The average Bonchev–Trinajstić information content (AvgIpc) is 2.80. The van der Waals surface area contributed by atoms with Gasteiger partial charge in [0.05, 0.1) is 16.6 Å². The first kappa shape index (κ1) is 23.2. The molecule has 2 amide bonds. The third-order valence-corrected chi connectivity index (χ3v) is 4.92. The van der Waals surface area contributed by atoms with Crippen molar-refractivity contribution in [2.24, 2.45) is 0 Å². The molecule has 32 heavy (non-hydrogen) atoms. The second-order valence-corrected chi connectivity index (χ2v) is 7.43. The zero-order valence-corrected chi connectivity index (χ0v) is 18.4. The molecule has 0 saturated heterocycles. The van der Waals surface area contributed by atoms with E-state index in [9.17, 15) is 14.0 Å². The minimum atomic E-state index is -0.762. The topological polar surface area (TPSA) is 87.7 Å². The summed E-state index contributed by atoms with van der Waals surface area (Å²) >= 11 is 3.42. The highest BCUT2D eigenvalue weighted by atomic mass is 79.9. The monoisotopic (exact) mass is 498 g/mol. The van der Waals surface area contributed by atoms with Gasteiger partial charge in [-0.1, -0.05) is 36.4 Å². The molecule has 164 valence electrons. The number of para-hydroxylation sites is 1. The van der Waals surface area contributed by atoms with Gasteiger partial charge in [-0.25, -0.2) is 4.39 Å². The summed E-state index contributed by atoms with van der Waals surface area (Å²) in [6, 6.07) is 19.7. The maximum Gasteiger partial charge on any atom is 0.267 e. The van der Waals surface area contributed by atoms with E-state index in [4.69, 9.17) is 9.84 Å². The number of halogens is 2. The fourth-order valence-electron chi connectivity index (χ4n) is 2.71. The number of ether oxygens (including phenoxy) is 1. The van der Waals surface area contributed by atoms with Crippen LogP contribution in [-0.2, 0) is 4.79 Å². The Bertz CT molecular complexity index is 1130. The van der Waals surface area contributed by atoms with Crippen LogP contribution in [0.25, 0.3) is 6.08 Å². The van der Waals surface area contributed by atoms with Gasteiger partial charge in [-0.15, -0.1) is 0 Å². The van der Waals surface area contributed by atoms with Gasteiger partial charge < -0.3 is 20.5 Å². The van der Waals surface area contributed by atoms with Gasteiger partial charge in [0.15, 0.2) is 0 Å². The van der Waals surface area contributed by atoms with E-state index in [-0.39, 0.29) is 24.4 Å². The lowest BCUT2D eigenvalue weighted by Crippen LogP contribution is -2.36. The van der Waals surface area contributed by atoms with Crippen molar-refractivity contribution in [1.29, 1.82) is 0 Å². The number of aliphatic hydroxyl groups is 1. The molecule has 0 radical (unpaired) electrons. The lowest BCUT2D eigenvalue weighted by molar-refractivity contribution is -0.117. The number of rotatable bonds is 8. The van der Waals surface area contributed by atoms with Crippen molar-refractivity contribution in [3.05, 3.63) is 99.9 Å². The lowest BCUT2D eigenvalue weighted by Gasteiger charge is -2.11. The summed E-state index contributed by atoms with van der Waals surface area (Å²) in [4.78, 5) is 25.0. The molecular weight excluding hydrogens is 479 g/mol. The largest absolute Gasteiger partial charge is 0.456 e. The highest BCUT2D eigenvalue weighted by molar-refractivity contribution is 9.10. The van der Waals surface area contributed by atoms with Crippen LogP contribution in [0.4, 0.5) is 4.39 Å². The van der Waals surface area contributed by atoms with E-state index in [1.165, 1.54) is 24.3 Å². The molecule has 0 unspecified atom stereocenters.